The lowest BCUT2D eigenvalue weighted by Gasteiger charge is -2.19. The van der Waals surface area contributed by atoms with Crippen LogP contribution in [0.15, 0.2) is 28.7 Å². The number of furan rings is 1. The molecule has 0 bridgehead atoms. The third-order valence-electron chi connectivity index (χ3n) is 4.36. The second-order valence-corrected chi connectivity index (χ2v) is 6.00. The summed E-state index contributed by atoms with van der Waals surface area (Å²) in [5.41, 5.74) is 0.618. The molecule has 1 aliphatic heterocycles. The Kier molecular flexibility index (Phi) is 5.18. The molecule has 1 aromatic carbocycles. The fraction of sp³-hybridized carbons (Fsp3) is 0.500. The van der Waals surface area contributed by atoms with Crippen molar-refractivity contribution < 1.29 is 13.9 Å². The molecule has 0 unspecified atom stereocenters. The summed E-state index contributed by atoms with van der Waals surface area (Å²) in [5.74, 6) is 0.810. The van der Waals surface area contributed by atoms with E-state index in [4.69, 9.17) is 9.15 Å². The van der Waals surface area contributed by atoms with E-state index in [2.05, 4.69) is 10.2 Å². The van der Waals surface area contributed by atoms with Gasteiger partial charge in [0.1, 0.15) is 0 Å². The van der Waals surface area contributed by atoms with Gasteiger partial charge in [-0.1, -0.05) is 25.0 Å². The number of hydrogen-bond acceptors (Lipinski definition) is 4. The fourth-order valence-corrected chi connectivity index (χ4v) is 3.08. The molecule has 5 nitrogen and oxygen atoms in total. The summed E-state index contributed by atoms with van der Waals surface area (Å²) in [6.07, 6.45) is 5.17. The molecule has 1 amide bonds. The summed E-state index contributed by atoms with van der Waals surface area (Å²) in [5, 5.41) is 3.83. The van der Waals surface area contributed by atoms with Crippen molar-refractivity contribution in [2.75, 3.05) is 33.3 Å². The van der Waals surface area contributed by atoms with Crippen molar-refractivity contribution in [3.8, 4) is 5.75 Å². The number of para-hydroxylation sites is 1. The Morgan fingerprint density at radius 3 is 2.78 bits per heavy atom. The maximum absolute atomic E-state index is 12.3. The van der Waals surface area contributed by atoms with Gasteiger partial charge in [-0.2, -0.15) is 0 Å². The lowest BCUT2D eigenvalue weighted by molar-refractivity contribution is 0.0923. The van der Waals surface area contributed by atoms with Crippen LogP contribution in [0, 0.1) is 0 Å². The van der Waals surface area contributed by atoms with Gasteiger partial charge in [0.25, 0.3) is 5.91 Å². The van der Waals surface area contributed by atoms with E-state index in [-0.39, 0.29) is 5.91 Å². The van der Waals surface area contributed by atoms with Gasteiger partial charge in [-0.15, -0.1) is 0 Å². The SMILES string of the molecule is COc1cccc2cc(C(=O)NCCN3CCCCCC3)oc12. The first-order chi connectivity index (χ1) is 11.3. The Morgan fingerprint density at radius 1 is 1.26 bits per heavy atom. The normalized spacial score (nSPS) is 16.2. The Hall–Kier alpha value is -2.01. The van der Waals surface area contributed by atoms with E-state index < -0.39 is 0 Å². The fourth-order valence-electron chi connectivity index (χ4n) is 3.08. The van der Waals surface area contributed by atoms with Gasteiger partial charge in [0, 0.05) is 18.5 Å². The number of nitrogens with one attached hydrogen (secondary N) is 1. The number of hydrogen-bond donors (Lipinski definition) is 1. The van der Waals surface area contributed by atoms with Crippen molar-refractivity contribution in [1.29, 1.82) is 0 Å². The third-order valence-corrected chi connectivity index (χ3v) is 4.36. The lowest BCUT2D eigenvalue weighted by Crippen LogP contribution is -2.35. The molecule has 5 heteroatoms. The Bertz CT molecular complexity index is 657. The Labute approximate surface area is 136 Å². The van der Waals surface area contributed by atoms with Crippen molar-refractivity contribution in [2.24, 2.45) is 0 Å². The van der Waals surface area contributed by atoms with Crippen molar-refractivity contribution in [1.82, 2.24) is 10.2 Å². The number of ether oxygens (including phenoxy) is 1. The average molecular weight is 316 g/mol. The van der Waals surface area contributed by atoms with Gasteiger partial charge in [0.2, 0.25) is 0 Å². The summed E-state index contributed by atoms with van der Waals surface area (Å²) in [7, 11) is 1.60. The highest BCUT2D eigenvalue weighted by Gasteiger charge is 2.15. The monoisotopic (exact) mass is 316 g/mol. The zero-order chi connectivity index (χ0) is 16.1. The molecule has 2 heterocycles. The lowest BCUT2D eigenvalue weighted by atomic mass is 10.2. The van der Waals surface area contributed by atoms with Gasteiger partial charge in [-0.3, -0.25) is 4.79 Å². The van der Waals surface area contributed by atoms with Gasteiger partial charge < -0.3 is 19.4 Å². The summed E-state index contributed by atoms with van der Waals surface area (Å²) >= 11 is 0. The average Bonchev–Trinajstić information content (AvgIpc) is 2.85. The molecule has 1 aliphatic rings. The van der Waals surface area contributed by atoms with Crippen molar-refractivity contribution >= 4 is 16.9 Å². The molecule has 0 saturated carbocycles. The molecule has 1 N–H and O–H groups in total. The summed E-state index contributed by atoms with van der Waals surface area (Å²) in [6.45, 7) is 3.82. The van der Waals surface area contributed by atoms with Crippen LogP contribution in [0.2, 0.25) is 0 Å². The molecule has 1 saturated heterocycles. The Balaban J connectivity index is 1.57. The van der Waals surface area contributed by atoms with Crippen LogP contribution in [-0.4, -0.2) is 44.1 Å². The largest absolute Gasteiger partial charge is 0.493 e. The number of carbonyl (C=O) groups excluding carboxylic acids is 1. The first-order valence-electron chi connectivity index (χ1n) is 8.35. The quantitative estimate of drug-likeness (QED) is 0.921. The number of likely N-dealkylation sites (tertiary alicyclic amines) is 1. The summed E-state index contributed by atoms with van der Waals surface area (Å²) < 4.78 is 10.9. The maximum atomic E-state index is 12.3. The standard InChI is InChI=1S/C18H24N2O3/c1-22-15-8-6-7-14-13-16(23-17(14)15)18(21)19-9-12-20-10-4-2-3-5-11-20/h6-8,13H,2-5,9-12H2,1H3,(H,19,21). The van der Waals surface area contributed by atoms with Crippen molar-refractivity contribution in [3.63, 3.8) is 0 Å². The van der Waals surface area contributed by atoms with E-state index in [1.165, 1.54) is 25.7 Å². The molecule has 3 rings (SSSR count). The number of benzene rings is 1. The zero-order valence-electron chi connectivity index (χ0n) is 13.6. The van der Waals surface area contributed by atoms with Crippen LogP contribution in [0.1, 0.15) is 36.2 Å². The third kappa shape index (κ3) is 3.85. The number of nitrogens with zero attached hydrogens (tertiary/aromatic N) is 1. The molecule has 2 aromatic rings. The predicted octanol–water partition coefficient (Wildman–Crippen LogP) is 3.05. The number of rotatable bonds is 5. The van der Waals surface area contributed by atoms with E-state index in [1.54, 1.807) is 13.2 Å². The van der Waals surface area contributed by atoms with Crippen LogP contribution >= 0.6 is 0 Å². The van der Waals surface area contributed by atoms with E-state index >= 15 is 0 Å². The number of fused-ring (bicyclic) bond motifs is 1. The first kappa shape index (κ1) is 15.9. The second-order valence-electron chi connectivity index (χ2n) is 6.00. The predicted molar refractivity (Wildman–Crippen MR) is 90.0 cm³/mol. The number of amides is 1. The molecule has 23 heavy (non-hydrogen) atoms. The van der Waals surface area contributed by atoms with Crippen LogP contribution in [0.5, 0.6) is 5.75 Å². The van der Waals surface area contributed by atoms with Gasteiger partial charge in [0.05, 0.1) is 7.11 Å². The van der Waals surface area contributed by atoms with Crippen molar-refractivity contribution in [3.05, 3.63) is 30.0 Å². The summed E-state index contributed by atoms with van der Waals surface area (Å²) in [6, 6.07) is 7.39. The highest BCUT2D eigenvalue weighted by molar-refractivity contribution is 5.97. The minimum absolute atomic E-state index is 0.168. The van der Waals surface area contributed by atoms with Gasteiger partial charge in [-0.25, -0.2) is 0 Å². The molecule has 124 valence electrons. The van der Waals surface area contributed by atoms with E-state index in [0.29, 0.717) is 23.6 Å². The van der Waals surface area contributed by atoms with E-state index in [0.717, 1.165) is 25.0 Å². The molecular formula is C18H24N2O3. The minimum atomic E-state index is -0.168. The molecule has 1 fully saturated rings. The van der Waals surface area contributed by atoms with Crippen LogP contribution in [0.4, 0.5) is 0 Å². The smallest absolute Gasteiger partial charge is 0.287 e. The second kappa shape index (κ2) is 7.51. The van der Waals surface area contributed by atoms with Gasteiger partial charge in [-0.05, 0) is 38.1 Å². The zero-order valence-corrected chi connectivity index (χ0v) is 13.6. The van der Waals surface area contributed by atoms with Crippen molar-refractivity contribution in [2.45, 2.75) is 25.7 Å². The number of methoxy groups -OCH3 is 1. The van der Waals surface area contributed by atoms with Crippen LogP contribution in [-0.2, 0) is 0 Å². The van der Waals surface area contributed by atoms with E-state index in [1.807, 2.05) is 18.2 Å². The molecule has 1 aromatic heterocycles. The molecular weight excluding hydrogens is 292 g/mol. The first-order valence-corrected chi connectivity index (χ1v) is 8.35. The van der Waals surface area contributed by atoms with Gasteiger partial charge >= 0.3 is 0 Å². The Morgan fingerprint density at radius 2 is 2.04 bits per heavy atom. The molecule has 0 radical (unpaired) electrons. The van der Waals surface area contributed by atoms with Crippen LogP contribution in [0.25, 0.3) is 11.0 Å². The van der Waals surface area contributed by atoms with Gasteiger partial charge in [0.15, 0.2) is 17.1 Å². The highest BCUT2D eigenvalue weighted by Crippen LogP contribution is 2.28. The topological polar surface area (TPSA) is 54.7 Å². The molecule has 0 atom stereocenters. The highest BCUT2D eigenvalue weighted by atomic mass is 16.5. The number of carbonyl (C=O) groups is 1. The summed E-state index contributed by atoms with van der Waals surface area (Å²) in [4.78, 5) is 14.7. The molecule has 0 aliphatic carbocycles. The van der Waals surface area contributed by atoms with E-state index in [9.17, 15) is 4.79 Å². The molecule has 0 spiro atoms. The minimum Gasteiger partial charge on any atom is -0.493 e. The maximum Gasteiger partial charge on any atom is 0.287 e. The van der Waals surface area contributed by atoms with Crippen LogP contribution < -0.4 is 10.1 Å². The van der Waals surface area contributed by atoms with Crippen LogP contribution in [0.3, 0.4) is 0 Å².